The van der Waals surface area contributed by atoms with Crippen molar-refractivity contribution in [3.63, 3.8) is 0 Å². The zero-order valence-electron chi connectivity index (χ0n) is 18.9. The summed E-state index contributed by atoms with van der Waals surface area (Å²) >= 11 is 0. The number of hydrazone groups is 1. The van der Waals surface area contributed by atoms with Crippen molar-refractivity contribution in [3.8, 4) is 0 Å². The molecular formula is C25H29N5O3. The number of hydrogen-bond acceptors (Lipinski definition) is 5. The van der Waals surface area contributed by atoms with Gasteiger partial charge in [-0.3, -0.25) is 9.78 Å². The van der Waals surface area contributed by atoms with E-state index in [0.29, 0.717) is 32.0 Å². The van der Waals surface area contributed by atoms with Crippen LogP contribution in [0.1, 0.15) is 42.9 Å². The number of ether oxygens (including phenoxy) is 1. The zero-order valence-corrected chi connectivity index (χ0v) is 18.9. The molecule has 5 rings (SSSR count). The van der Waals surface area contributed by atoms with E-state index in [2.05, 4.69) is 10.3 Å². The van der Waals surface area contributed by atoms with E-state index in [9.17, 15) is 9.59 Å². The van der Waals surface area contributed by atoms with E-state index in [1.54, 1.807) is 16.1 Å². The van der Waals surface area contributed by atoms with Crippen molar-refractivity contribution in [3.05, 3.63) is 59.4 Å². The Hall–Kier alpha value is -3.26. The summed E-state index contributed by atoms with van der Waals surface area (Å²) in [6.07, 6.45) is 5.98. The van der Waals surface area contributed by atoms with E-state index in [0.717, 1.165) is 54.1 Å². The number of pyridine rings is 1. The number of carbonyl (C=O) groups excluding carboxylic acids is 2. The van der Waals surface area contributed by atoms with Crippen molar-refractivity contribution in [1.29, 1.82) is 0 Å². The molecule has 0 radical (unpaired) electrons. The van der Waals surface area contributed by atoms with Gasteiger partial charge in [0.05, 0.1) is 5.71 Å². The van der Waals surface area contributed by atoms with Gasteiger partial charge in [-0.2, -0.15) is 5.10 Å². The summed E-state index contributed by atoms with van der Waals surface area (Å²) in [5.74, 6) is 0.579. The first-order valence-corrected chi connectivity index (χ1v) is 11.6. The lowest BCUT2D eigenvalue weighted by atomic mass is 9.93. The van der Waals surface area contributed by atoms with Gasteiger partial charge in [0.1, 0.15) is 0 Å². The highest BCUT2D eigenvalue weighted by Crippen LogP contribution is 2.26. The lowest BCUT2D eigenvalue weighted by Crippen LogP contribution is -2.40. The number of urea groups is 1. The summed E-state index contributed by atoms with van der Waals surface area (Å²) in [4.78, 5) is 31.2. The normalized spacial score (nSPS) is 21.1. The molecule has 3 aliphatic rings. The summed E-state index contributed by atoms with van der Waals surface area (Å²) in [5, 5.41) is 9.38. The molecule has 4 heterocycles. The predicted octanol–water partition coefficient (Wildman–Crippen LogP) is 3.63. The monoisotopic (exact) mass is 447 g/mol. The van der Waals surface area contributed by atoms with Crippen molar-refractivity contribution >= 4 is 23.3 Å². The average Bonchev–Trinajstić information content (AvgIpc) is 3.27. The summed E-state index contributed by atoms with van der Waals surface area (Å²) < 4.78 is 5.44. The van der Waals surface area contributed by atoms with Gasteiger partial charge in [0.15, 0.2) is 0 Å². The number of benzene rings is 1. The van der Waals surface area contributed by atoms with Gasteiger partial charge < -0.3 is 15.0 Å². The number of amides is 3. The van der Waals surface area contributed by atoms with Crippen LogP contribution in [0.3, 0.4) is 0 Å². The molecule has 3 aliphatic heterocycles. The molecule has 0 spiro atoms. The second kappa shape index (κ2) is 9.31. The molecule has 3 amide bonds. The van der Waals surface area contributed by atoms with Crippen LogP contribution in [0.15, 0.2) is 47.8 Å². The van der Waals surface area contributed by atoms with Gasteiger partial charge in [0.25, 0.3) is 0 Å². The molecule has 1 saturated heterocycles. The number of aromatic nitrogens is 1. The SMILES string of the molecule is C[C@H]1CC(=O)N(CC2CCOCC2)N=C1c1ccc(NC(=O)N2Cc3ccncc3C2)cc1. The van der Waals surface area contributed by atoms with E-state index in [1.165, 1.54) is 0 Å². The molecule has 0 saturated carbocycles. The largest absolute Gasteiger partial charge is 0.381 e. The minimum atomic E-state index is -0.129. The standard InChI is InChI=1S/C25H29N5O3/c1-17-12-23(31)30(14-18-7-10-33-11-8-18)28-24(17)19-2-4-22(5-3-19)27-25(32)29-15-20-6-9-26-13-21(20)16-29/h2-6,9,13,17-18H,7-8,10-12,14-16H2,1H3,(H,27,32)/t17-/m0/s1. The second-order valence-electron chi connectivity index (χ2n) is 9.13. The Morgan fingerprint density at radius 1 is 1.12 bits per heavy atom. The summed E-state index contributed by atoms with van der Waals surface area (Å²) in [6, 6.07) is 9.56. The lowest BCUT2D eigenvalue weighted by molar-refractivity contribution is -0.133. The van der Waals surface area contributed by atoms with Gasteiger partial charge in [-0.15, -0.1) is 0 Å². The minimum Gasteiger partial charge on any atom is -0.381 e. The lowest BCUT2D eigenvalue weighted by Gasteiger charge is -2.31. The number of rotatable bonds is 4. The van der Waals surface area contributed by atoms with Crippen LogP contribution in [0.25, 0.3) is 0 Å². The first kappa shape index (κ1) is 21.6. The Morgan fingerprint density at radius 3 is 2.64 bits per heavy atom. The van der Waals surface area contributed by atoms with Gasteiger partial charge >= 0.3 is 6.03 Å². The van der Waals surface area contributed by atoms with Crippen molar-refractivity contribution in [2.45, 2.75) is 39.3 Å². The van der Waals surface area contributed by atoms with E-state index < -0.39 is 0 Å². The Kier molecular flexibility index (Phi) is 6.09. The van der Waals surface area contributed by atoms with E-state index >= 15 is 0 Å². The fraction of sp³-hybridized carbons (Fsp3) is 0.440. The van der Waals surface area contributed by atoms with Crippen LogP contribution in [-0.4, -0.2) is 52.3 Å². The van der Waals surface area contributed by atoms with E-state index in [1.807, 2.05) is 43.5 Å². The smallest absolute Gasteiger partial charge is 0.322 e. The fourth-order valence-corrected chi connectivity index (χ4v) is 4.70. The van der Waals surface area contributed by atoms with Crippen LogP contribution >= 0.6 is 0 Å². The molecule has 172 valence electrons. The van der Waals surface area contributed by atoms with Crippen molar-refractivity contribution in [2.24, 2.45) is 16.9 Å². The zero-order chi connectivity index (χ0) is 22.8. The molecule has 2 aromatic rings. The minimum absolute atomic E-state index is 0.0561. The molecule has 0 bridgehead atoms. The molecule has 1 aromatic carbocycles. The molecule has 0 unspecified atom stereocenters. The maximum atomic E-state index is 12.7. The van der Waals surface area contributed by atoms with Crippen LogP contribution in [0, 0.1) is 11.8 Å². The third-order valence-corrected chi connectivity index (χ3v) is 6.68. The number of hydrogen-bond donors (Lipinski definition) is 1. The fourth-order valence-electron chi connectivity index (χ4n) is 4.70. The average molecular weight is 448 g/mol. The Labute approximate surface area is 193 Å². The van der Waals surface area contributed by atoms with Gasteiger partial charge in [-0.1, -0.05) is 19.1 Å². The predicted molar refractivity (Wildman–Crippen MR) is 125 cm³/mol. The van der Waals surface area contributed by atoms with E-state index in [-0.39, 0.29) is 17.9 Å². The highest BCUT2D eigenvalue weighted by Gasteiger charge is 2.29. The van der Waals surface area contributed by atoms with Crippen LogP contribution in [0.4, 0.5) is 10.5 Å². The van der Waals surface area contributed by atoms with E-state index in [4.69, 9.17) is 9.84 Å². The van der Waals surface area contributed by atoms with Gasteiger partial charge in [0.2, 0.25) is 5.91 Å². The summed E-state index contributed by atoms with van der Waals surface area (Å²) in [7, 11) is 0. The Bertz CT molecular complexity index is 1040. The number of anilines is 1. The molecule has 1 atom stereocenters. The molecule has 1 fully saturated rings. The molecule has 0 aliphatic carbocycles. The quantitative estimate of drug-likeness (QED) is 0.775. The van der Waals surface area contributed by atoms with Crippen molar-refractivity contribution in [1.82, 2.24) is 14.9 Å². The third-order valence-electron chi connectivity index (χ3n) is 6.68. The highest BCUT2D eigenvalue weighted by atomic mass is 16.5. The topological polar surface area (TPSA) is 87.1 Å². The van der Waals surface area contributed by atoms with Gasteiger partial charge in [-0.05, 0) is 53.6 Å². The van der Waals surface area contributed by atoms with Gasteiger partial charge in [0, 0.05) is 63.3 Å². The molecule has 8 nitrogen and oxygen atoms in total. The number of carbonyl (C=O) groups is 2. The highest BCUT2D eigenvalue weighted by molar-refractivity contribution is 6.06. The van der Waals surface area contributed by atoms with Crippen LogP contribution in [0.5, 0.6) is 0 Å². The third kappa shape index (κ3) is 4.75. The maximum Gasteiger partial charge on any atom is 0.322 e. The van der Waals surface area contributed by atoms with Crippen LogP contribution in [-0.2, 0) is 22.6 Å². The van der Waals surface area contributed by atoms with Gasteiger partial charge in [-0.25, -0.2) is 9.80 Å². The Balaban J connectivity index is 1.24. The van der Waals surface area contributed by atoms with Crippen molar-refractivity contribution in [2.75, 3.05) is 25.1 Å². The molecule has 8 heteroatoms. The molecule has 1 N–H and O–H groups in total. The second-order valence-corrected chi connectivity index (χ2v) is 9.13. The Morgan fingerprint density at radius 2 is 1.88 bits per heavy atom. The molecule has 1 aromatic heterocycles. The number of nitrogens with zero attached hydrogens (tertiary/aromatic N) is 4. The first-order chi connectivity index (χ1) is 16.1. The summed E-state index contributed by atoms with van der Waals surface area (Å²) in [6.45, 7) is 5.37. The number of nitrogens with one attached hydrogen (secondary N) is 1. The van der Waals surface area contributed by atoms with Crippen LogP contribution in [0.2, 0.25) is 0 Å². The molecule has 33 heavy (non-hydrogen) atoms. The first-order valence-electron chi connectivity index (χ1n) is 11.6. The summed E-state index contributed by atoms with van der Waals surface area (Å²) in [5.41, 5.74) is 4.86. The van der Waals surface area contributed by atoms with Crippen molar-refractivity contribution < 1.29 is 14.3 Å². The number of fused-ring (bicyclic) bond motifs is 1. The molecular weight excluding hydrogens is 418 g/mol. The maximum absolute atomic E-state index is 12.7. The van der Waals surface area contributed by atoms with Crippen LogP contribution < -0.4 is 5.32 Å².